The summed E-state index contributed by atoms with van der Waals surface area (Å²) in [5, 5.41) is 2.83. The molecule has 0 heterocycles. The van der Waals surface area contributed by atoms with Gasteiger partial charge in [-0.15, -0.1) is 0 Å². The molecule has 0 aliphatic rings. The molecule has 1 N–H and O–H groups in total. The van der Waals surface area contributed by atoms with Crippen molar-refractivity contribution in [1.82, 2.24) is 0 Å². The quantitative estimate of drug-likeness (QED) is 0.160. The van der Waals surface area contributed by atoms with Crippen LogP contribution in [0.5, 0.6) is 11.5 Å². The number of hydrogen-bond donors (Lipinski definition) is 1. The molecule has 0 spiro atoms. The lowest BCUT2D eigenvalue weighted by Gasteiger charge is -2.20. The van der Waals surface area contributed by atoms with Gasteiger partial charge in [0.15, 0.2) is 6.10 Å². The van der Waals surface area contributed by atoms with E-state index in [1.54, 1.807) is 18.2 Å². The second-order valence-electron chi connectivity index (χ2n) is 7.48. The van der Waals surface area contributed by atoms with Crippen LogP contribution in [0.3, 0.4) is 0 Å². The summed E-state index contributed by atoms with van der Waals surface area (Å²) in [5.74, 6) is 0.384. The number of carbonyl (C=O) groups is 1. The first-order valence-corrected chi connectivity index (χ1v) is 11.9. The van der Waals surface area contributed by atoms with Gasteiger partial charge in [0.25, 0.3) is 10.1 Å². The van der Waals surface area contributed by atoms with Crippen LogP contribution in [0.15, 0.2) is 96.4 Å². The molecule has 0 saturated heterocycles. The third kappa shape index (κ3) is 5.36. The van der Waals surface area contributed by atoms with Gasteiger partial charge in [-0.3, -0.25) is 4.55 Å². The summed E-state index contributed by atoms with van der Waals surface area (Å²) >= 11 is 0. The van der Waals surface area contributed by atoms with E-state index in [1.807, 2.05) is 48.5 Å². The Bertz CT molecular complexity index is 1450. The Hall–Kier alpha value is -3.88. The third-order valence-electron chi connectivity index (χ3n) is 5.13. The van der Waals surface area contributed by atoms with Gasteiger partial charge >= 0.3 is 5.97 Å². The van der Waals surface area contributed by atoms with Crippen molar-refractivity contribution in [3.8, 4) is 11.5 Å². The molecular weight excluding hydrogens is 456 g/mol. The summed E-state index contributed by atoms with van der Waals surface area (Å²) < 4.78 is 50.2. The van der Waals surface area contributed by atoms with Gasteiger partial charge in [-0.25, -0.2) is 4.79 Å². The maximum absolute atomic E-state index is 11.9. The van der Waals surface area contributed by atoms with Gasteiger partial charge < -0.3 is 14.2 Å². The smallest absolute Gasteiger partial charge is 0.330 e. The normalized spacial score (nSPS) is 12.3. The van der Waals surface area contributed by atoms with E-state index in [-0.39, 0.29) is 18.1 Å². The van der Waals surface area contributed by atoms with Gasteiger partial charge in [0.05, 0.1) is 4.90 Å². The van der Waals surface area contributed by atoms with Crippen molar-refractivity contribution in [3.63, 3.8) is 0 Å². The van der Waals surface area contributed by atoms with Crippen molar-refractivity contribution in [2.24, 2.45) is 0 Å². The zero-order valence-electron chi connectivity index (χ0n) is 18.1. The van der Waals surface area contributed by atoms with Crippen LogP contribution in [-0.2, 0) is 19.6 Å². The van der Waals surface area contributed by atoms with Crippen LogP contribution < -0.4 is 9.47 Å². The topological polar surface area (TPSA) is 99.1 Å². The van der Waals surface area contributed by atoms with Crippen LogP contribution in [0.4, 0.5) is 0 Å². The van der Waals surface area contributed by atoms with Gasteiger partial charge in [-0.1, -0.05) is 55.1 Å². The van der Waals surface area contributed by atoms with E-state index >= 15 is 0 Å². The Morgan fingerprint density at radius 2 is 1.56 bits per heavy atom. The first-order chi connectivity index (χ1) is 16.3. The Morgan fingerprint density at radius 1 is 0.882 bits per heavy atom. The molecule has 0 saturated carbocycles. The molecular formula is C26H22O7S. The fourth-order valence-corrected chi connectivity index (χ4v) is 4.03. The first kappa shape index (κ1) is 23.3. The standard InChI is InChI=1S/C26H22O7S/c1-2-25(27)33-21(16-31-20-9-4-3-5-10-20)17-32-26-23-11-7-6-8-18(23)14-19-12-13-22(15-24(19)26)34(28,29)30/h2-15,21H,1,16-17H2,(H,28,29,30). The summed E-state index contributed by atoms with van der Waals surface area (Å²) in [6.07, 6.45) is 0.283. The van der Waals surface area contributed by atoms with E-state index in [1.165, 1.54) is 12.1 Å². The minimum absolute atomic E-state index is 0.0303. The number of para-hydroxylation sites is 1. The van der Waals surface area contributed by atoms with Crippen molar-refractivity contribution in [1.29, 1.82) is 0 Å². The zero-order valence-corrected chi connectivity index (χ0v) is 18.9. The van der Waals surface area contributed by atoms with E-state index in [9.17, 15) is 17.8 Å². The number of benzene rings is 4. The minimum atomic E-state index is -4.41. The Balaban J connectivity index is 1.69. The number of hydrogen-bond acceptors (Lipinski definition) is 6. The molecule has 0 aliphatic carbocycles. The average Bonchev–Trinajstić information content (AvgIpc) is 2.84. The number of esters is 1. The van der Waals surface area contributed by atoms with E-state index < -0.39 is 22.2 Å². The zero-order chi connectivity index (χ0) is 24.1. The van der Waals surface area contributed by atoms with Crippen LogP contribution in [0, 0.1) is 0 Å². The van der Waals surface area contributed by atoms with E-state index in [2.05, 4.69) is 6.58 Å². The monoisotopic (exact) mass is 478 g/mol. The third-order valence-corrected chi connectivity index (χ3v) is 5.98. The molecule has 0 amide bonds. The van der Waals surface area contributed by atoms with Crippen LogP contribution in [0.25, 0.3) is 21.5 Å². The molecule has 4 aromatic carbocycles. The Kier molecular flexibility index (Phi) is 6.81. The SMILES string of the molecule is C=CC(=O)OC(COc1ccccc1)COc1c2ccccc2cc2ccc(S(=O)(=O)O)cc12. The van der Waals surface area contributed by atoms with Gasteiger partial charge in [-0.05, 0) is 41.1 Å². The maximum Gasteiger partial charge on any atom is 0.330 e. The van der Waals surface area contributed by atoms with Crippen LogP contribution in [0.2, 0.25) is 0 Å². The highest BCUT2D eigenvalue weighted by molar-refractivity contribution is 7.85. The van der Waals surface area contributed by atoms with Crippen molar-refractivity contribution in [2.75, 3.05) is 13.2 Å². The Labute approximate surface area is 196 Å². The molecule has 7 nitrogen and oxygen atoms in total. The number of rotatable bonds is 9. The van der Waals surface area contributed by atoms with Gasteiger partial charge in [-0.2, -0.15) is 8.42 Å². The lowest BCUT2D eigenvalue weighted by molar-refractivity contribution is -0.146. The van der Waals surface area contributed by atoms with Crippen LogP contribution >= 0.6 is 0 Å². The van der Waals surface area contributed by atoms with Gasteiger partial charge in [0, 0.05) is 16.8 Å². The van der Waals surface area contributed by atoms with Crippen molar-refractivity contribution in [2.45, 2.75) is 11.0 Å². The molecule has 0 radical (unpaired) electrons. The second kappa shape index (κ2) is 9.94. The fraction of sp³-hybridized carbons (Fsp3) is 0.115. The highest BCUT2D eigenvalue weighted by Crippen LogP contribution is 2.36. The second-order valence-corrected chi connectivity index (χ2v) is 8.90. The molecule has 0 aliphatic heterocycles. The summed E-state index contributed by atoms with van der Waals surface area (Å²) in [4.78, 5) is 11.6. The number of fused-ring (bicyclic) bond motifs is 2. The van der Waals surface area contributed by atoms with Crippen LogP contribution in [-0.4, -0.2) is 38.3 Å². The first-order valence-electron chi connectivity index (χ1n) is 10.4. The van der Waals surface area contributed by atoms with Crippen molar-refractivity contribution >= 4 is 37.6 Å². The summed E-state index contributed by atoms with van der Waals surface area (Å²) in [7, 11) is -4.41. The van der Waals surface area contributed by atoms with Crippen molar-refractivity contribution in [3.05, 3.63) is 91.5 Å². The molecule has 1 unspecified atom stereocenters. The van der Waals surface area contributed by atoms with Crippen LogP contribution in [0.1, 0.15) is 0 Å². The predicted octanol–water partition coefficient (Wildman–Crippen LogP) is 4.80. The van der Waals surface area contributed by atoms with Gasteiger partial charge in [0.1, 0.15) is 24.7 Å². The summed E-state index contributed by atoms with van der Waals surface area (Å²) in [5.41, 5.74) is 0. The molecule has 174 valence electrons. The minimum Gasteiger partial charge on any atom is -0.490 e. The molecule has 34 heavy (non-hydrogen) atoms. The lowest BCUT2D eigenvalue weighted by Crippen LogP contribution is -2.30. The molecule has 0 aromatic heterocycles. The summed E-state index contributed by atoms with van der Waals surface area (Å²) in [6.45, 7) is 3.39. The number of ether oxygens (including phenoxy) is 3. The van der Waals surface area contributed by atoms with E-state index in [0.717, 1.165) is 22.2 Å². The summed E-state index contributed by atoms with van der Waals surface area (Å²) in [6, 6.07) is 22.7. The van der Waals surface area contributed by atoms with E-state index in [4.69, 9.17) is 14.2 Å². The Morgan fingerprint density at radius 3 is 2.29 bits per heavy atom. The molecule has 8 heteroatoms. The average molecular weight is 479 g/mol. The van der Waals surface area contributed by atoms with Crippen molar-refractivity contribution < 1.29 is 32.0 Å². The largest absolute Gasteiger partial charge is 0.490 e. The lowest BCUT2D eigenvalue weighted by atomic mass is 10.0. The van der Waals surface area contributed by atoms with Gasteiger partial charge in [0.2, 0.25) is 0 Å². The molecule has 0 bridgehead atoms. The fourth-order valence-electron chi connectivity index (χ4n) is 3.53. The molecule has 4 rings (SSSR count). The predicted molar refractivity (Wildman–Crippen MR) is 129 cm³/mol. The highest BCUT2D eigenvalue weighted by atomic mass is 32.2. The maximum atomic E-state index is 11.9. The highest BCUT2D eigenvalue weighted by Gasteiger charge is 2.19. The molecule has 0 fully saturated rings. The number of carbonyl (C=O) groups excluding carboxylic acids is 1. The molecule has 4 aromatic rings. The van der Waals surface area contributed by atoms with E-state index in [0.29, 0.717) is 16.9 Å². The molecule has 1 atom stereocenters.